The number of benzene rings is 3. The number of sulfonamides is 1. The lowest BCUT2D eigenvalue weighted by Crippen LogP contribution is -2.27. The summed E-state index contributed by atoms with van der Waals surface area (Å²) in [5.41, 5.74) is 3.56. The monoisotopic (exact) mass is 532 g/mol. The van der Waals surface area contributed by atoms with E-state index in [1.807, 2.05) is 55.5 Å². The lowest BCUT2D eigenvalue weighted by Gasteiger charge is -2.23. The van der Waals surface area contributed by atoms with Crippen LogP contribution >= 0.6 is 31.9 Å². The van der Waals surface area contributed by atoms with E-state index in [0.717, 1.165) is 31.3 Å². The predicted octanol–water partition coefficient (Wildman–Crippen LogP) is 6.06. The Morgan fingerprint density at radius 1 is 0.931 bits per heavy atom. The van der Waals surface area contributed by atoms with Crippen molar-refractivity contribution in [2.45, 2.75) is 24.3 Å². The summed E-state index contributed by atoms with van der Waals surface area (Å²) in [7, 11) is -3.79. The second-order valence-electron chi connectivity index (χ2n) is 6.92. The maximum Gasteiger partial charge on any atom is 0.279 e. The molecule has 3 aromatic carbocycles. The van der Waals surface area contributed by atoms with E-state index in [9.17, 15) is 8.42 Å². The Morgan fingerprint density at radius 2 is 1.62 bits per heavy atom. The molecule has 1 heterocycles. The molecule has 0 aliphatic carbocycles. The molecular formula is C22H18Br2N2O2S. The van der Waals surface area contributed by atoms with Gasteiger partial charge in [-0.05, 0) is 54.4 Å². The Bertz CT molecular complexity index is 1170. The number of nitrogens with zero attached hydrogens (tertiary/aromatic N) is 2. The summed E-state index contributed by atoms with van der Waals surface area (Å²) in [6, 6.07) is 21.9. The molecule has 1 unspecified atom stereocenters. The zero-order valence-electron chi connectivity index (χ0n) is 15.6. The van der Waals surface area contributed by atoms with Gasteiger partial charge in [-0.3, -0.25) is 0 Å². The van der Waals surface area contributed by atoms with E-state index in [2.05, 4.69) is 37.0 Å². The molecule has 7 heteroatoms. The van der Waals surface area contributed by atoms with Gasteiger partial charge in [0.2, 0.25) is 0 Å². The fourth-order valence-corrected chi connectivity index (χ4v) is 5.42. The summed E-state index contributed by atoms with van der Waals surface area (Å²) in [5, 5.41) is 4.58. The lowest BCUT2D eigenvalue weighted by molar-refractivity contribution is 0.371. The summed E-state index contributed by atoms with van der Waals surface area (Å²) >= 11 is 6.93. The van der Waals surface area contributed by atoms with Crippen LogP contribution in [0.5, 0.6) is 0 Å². The first-order valence-corrected chi connectivity index (χ1v) is 12.1. The predicted molar refractivity (Wildman–Crippen MR) is 122 cm³/mol. The van der Waals surface area contributed by atoms with Crippen LogP contribution in [0.15, 0.2) is 91.7 Å². The fraction of sp³-hybridized carbons (Fsp3) is 0.136. The first-order chi connectivity index (χ1) is 13.8. The minimum atomic E-state index is -3.79. The van der Waals surface area contributed by atoms with E-state index >= 15 is 0 Å². The third-order valence-corrected chi connectivity index (χ3v) is 7.57. The number of rotatable bonds is 4. The zero-order chi connectivity index (χ0) is 20.6. The van der Waals surface area contributed by atoms with Gasteiger partial charge in [0.15, 0.2) is 0 Å². The van der Waals surface area contributed by atoms with Crippen LogP contribution in [0.2, 0.25) is 0 Å². The standard InChI is InChI=1S/C22H18Br2N2O2S/c1-15-5-11-20(12-6-15)29(27,28)26-22(17-3-2-4-19(24)13-17)14-21(25-26)16-7-9-18(23)10-8-16/h2-13,22H,14H2,1H3. The SMILES string of the molecule is Cc1ccc(S(=O)(=O)N2N=C(c3ccc(Br)cc3)CC2c2cccc(Br)c2)cc1. The van der Waals surface area contributed by atoms with E-state index < -0.39 is 16.1 Å². The molecule has 0 fully saturated rings. The molecule has 0 aromatic heterocycles. The Kier molecular flexibility index (Phi) is 5.64. The van der Waals surface area contributed by atoms with E-state index in [4.69, 9.17) is 0 Å². The molecule has 3 aromatic rings. The Morgan fingerprint density at radius 3 is 2.28 bits per heavy atom. The summed E-state index contributed by atoms with van der Waals surface area (Å²) < 4.78 is 30.0. The van der Waals surface area contributed by atoms with E-state index in [1.54, 1.807) is 24.3 Å². The van der Waals surface area contributed by atoms with Crippen molar-refractivity contribution < 1.29 is 8.42 Å². The third kappa shape index (κ3) is 4.17. The van der Waals surface area contributed by atoms with E-state index in [0.29, 0.717) is 6.42 Å². The molecule has 0 N–H and O–H groups in total. The minimum Gasteiger partial charge on any atom is -0.200 e. The molecule has 1 atom stereocenters. The van der Waals surface area contributed by atoms with Gasteiger partial charge in [0.1, 0.15) is 0 Å². The molecule has 0 bridgehead atoms. The first-order valence-electron chi connectivity index (χ1n) is 9.04. The number of hydrogen-bond donors (Lipinski definition) is 0. The highest BCUT2D eigenvalue weighted by atomic mass is 79.9. The van der Waals surface area contributed by atoms with Crippen molar-refractivity contribution in [1.82, 2.24) is 4.41 Å². The molecule has 0 radical (unpaired) electrons. The van der Waals surface area contributed by atoms with E-state index in [1.165, 1.54) is 4.41 Å². The van der Waals surface area contributed by atoms with Crippen LogP contribution in [-0.2, 0) is 10.0 Å². The molecule has 0 saturated heterocycles. The van der Waals surface area contributed by atoms with Crippen molar-refractivity contribution in [2.24, 2.45) is 5.10 Å². The highest BCUT2D eigenvalue weighted by Crippen LogP contribution is 2.38. The molecule has 29 heavy (non-hydrogen) atoms. The summed E-state index contributed by atoms with van der Waals surface area (Å²) in [6.45, 7) is 1.93. The lowest BCUT2D eigenvalue weighted by atomic mass is 9.99. The van der Waals surface area contributed by atoms with Crippen molar-refractivity contribution in [1.29, 1.82) is 0 Å². The van der Waals surface area contributed by atoms with Crippen LogP contribution in [0.3, 0.4) is 0 Å². The van der Waals surface area contributed by atoms with Crippen LogP contribution in [0.25, 0.3) is 0 Å². The van der Waals surface area contributed by atoms with Gasteiger partial charge in [-0.15, -0.1) is 0 Å². The van der Waals surface area contributed by atoms with Gasteiger partial charge in [0, 0.05) is 15.4 Å². The van der Waals surface area contributed by atoms with Crippen molar-refractivity contribution in [3.63, 3.8) is 0 Å². The van der Waals surface area contributed by atoms with Crippen LogP contribution in [0.1, 0.15) is 29.2 Å². The summed E-state index contributed by atoms with van der Waals surface area (Å²) in [4.78, 5) is 0.240. The molecule has 0 spiro atoms. The summed E-state index contributed by atoms with van der Waals surface area (Å²) in [6.07, 6.45) is 0.503. The molecule has 1 aliphatic rings. The van der Waals surface area contributed by atoms with Gasteiger partial charge in [-0.2, -0.15) is 17.9 Å². The fourth-order valence-electron chi connectivity index (χ4n) is 3.31. The van der Waals surface area contributed by atoms with Gasteiger partial charge < -0.3 is 0 Å². The third-order valence-electron chi connectivity index (χ3n) is 4.85. The largest absolute Gasteiger partial charge is 0.279 e. The van der Waals surface area contributed by atoms with Gasteiger partial charge in [-0.1, -0.05) is 73.8 Å². The normalized spacial score (nSPS) is 16.7. The number of aryl methyl sites for hydroxylation is 1. The molecule has 4 nitrogen and oxygen atoms in total. The topological polar surface area (TPSA) is 49.7 Å². The molecule has 148 valence electrons. The van der Waals surface area contributed by atoms with Gasteiger partial charge in [-0.25, -0.2) is 0 Å². The number of hydrazone groups is 1. The Balaban J connectivity index is 1.80. The maximum absolute atomic E-state index is 13.4. The minimum absolute atomic E-state index is 0.240. The molecule has 0 amide bonds. The average molecular weight is 534 g/mol. The maximum atomic E-state index is 13.4. The molecular weight excluding hydrogens is 516 g/mol. The van der Waals surface area contributed by atoms with Crippen molar-refractivity contribution in [3.8, 4) is 0 Å². The molecule has 0 saturated carbocycles. The van der Waals surface area contributed by atoms with Gasteiger partial charge in [0.25, 0.3) is 10.0 Å². The highest BCUT2D eigenvalue weighted by molar-refractivity contribution is 9.10. The second-order valence-corrected chi connectivity index (χ2v) is 10.5. The Hall–Kier alpha value is -1.96. The number of halogens is 2. The van der Waals surface area contributed by atoms with Crippen molar-refractivity contribution in [2.75, 3.05) is 0 Å². The quantitative estimate of drug-likeness (QED) is 0.409. The van der Waals surface area contributed by atoms with Crippen LogP contribution in [0, 0.1) is 6.92 Å². The van der Waals surface area contributed by atoms with Crippen LogP contribution in [0.4, 0.5) is 0 Å². The van der Waals surface area contributed by atoms with Gasteiger partial charge >= 0.3 is 0 Å². The van der Waals surface area contributed by atoms with Crippen LogP contribution in [-0.4, -0.2) is 18.5 Å². The smallest absolute Gasteiger partial charge is 0.200 e. The zero-order valence-corrected chi connectivity index (χ0v) is 19.6. The number of hydrogen-bond acceptors (Lipinski definition) is 3. The van der Waals surface area contributed by atoms with Gasteiger partial charge in [0.05, 0.1) is 16.6 Å². The summed E-state index contributed by atoms with van der Waals surface area (Å²) in [5.74, 6) is 0. The second kappa shape index (κ2) is 8.05. The molecule has 4 rings (SSSR count). The highest BCUT2D eigenvalue weighted by Gasteiger charge is 2.37. The first kappa shape index (κ1) is 20.3. The van der Waals surface area contributed by atoms with Crippen molar-refractivity contribution >= 4 is 47.6 Å². The van der Waals surface area contributed by atoms with E-state index in [-0.39, 0.29) is 4.90 Å². The van der Waals surface area contributed by atoms with Crippen molar-refractivity contribution in [3.05, 3.63) is 98.4 Å². The average Bonchev–Trinajstić information content (AvgIpc) is 3.15. The van der Waals surface area contributed by atoms with Crippen LogP contribution < -0.4 is 0 Å². The molecule has 1 aliphatic heterocycles. The Labute approximate surface area is 187 Å².